The maximum Gasteiger partial charge on any atom is 0.323 e. The molecular weight excluding hydrogens is 456 g/mol. The molecule has 3 amide bonds. The van der Waals surface area contributed by atoms with Crippen LogP contribution in [0, 0.1) is 5.41 Å². The van der Waals surface area contributed by atoms with Crippen molar-refractivity contribution in [1.29, 1.82) is 0 Å². The van der Waals surface area contributed by atoms with E-state index < -0.39 is 6.03 Å². The Bertz CT molecular complexity index is 1180. The second kappa shape index (κ2) is 12.1. The lowest BCUT2D eigenvalue weighted by atomic mass is 9.93. The van der Waals surface area contributed by atoms with Crippen molar-refractivity contribution in [2.24, 2.45) is 5.41 Å². The van der Waals surface area contributed by atoms with Gasteiger partial charge in [0.25, 0.3) is 5.91 Å². The van der Waals surface area contributed by atoms with E-state index in [-0.39, 0.29) is 11.3 Å². The number of nitrogens with zero attached hydrogens (tertiary/aromatic N) is 1. The highest BCUT2D eigenvalue weighted by molar-refractivity contribution is 6.01. The Morgan fingerprint density at radius 2 is 1.53 bits per heavy atom. The molecule has 0 radical (unpaired) electrons. The summed E-state index contributed by atoms with van der Waals surface area (Å²) in [5.41, 5.74) is 1.37. The lowest BCUT2D eigenvalue weighted by Gasteiger charge is -2.28. The summed E-state index contributed by atoms with van der Waals surface area (Å²) in [6.07, 6.45) is 0. The van der Waals surface area contributed by atoms with Crippen LogP contribution in [0.3, 0.4) is 0 Å². The molecule has 190 valence electrons. The Labute approximate surface area is 212 Å². The summed E-state index contributed by atoms with van der Waals surface area (Å²) in [4.78, 5) is 27.4. The smallest absolute Gasteiger partial charge is 0.323 e. The lowest BCUT2D eigenvalue weighted by Crippen LogP contribution is -2.40. The van der Waals surface area contributed by atoms with Crippen LogP contribution in [0.25, 0.3) is 0 Å². The van der Waals surface area contributed by atoms with Crippen molar-refractivity contribution in [2.75, 3.05) is 44.9 Å². The zero-order chi connectivity index (χ0) is 26.1. The van der Waals surface area contributed by atoms with E-state index in [0.717, 1.165) is 6.54 Å². The van der Waals surface area contributed by atoms with E-state index in [1.54, 1.807) is 36.4 Å². The highest BCUT2D eigenvalue weighted by atomic mass is 16.5. The number of urea groups is 1. The minimum atomic E-state index is -0.434. The number of carbonyl (C=O) groups excluding carboxylic acids is 2. The van der Waals surface area contributed by atoms with Crippen LogP contribution in [0.5, 0.6) is 17.2 Å². The van der Waals surface area contributed by atoms with Crippen LogP contribution in [-0.2, 0) is 0 Å². The van der Waals surface area contributed by atoms with Crippen LogP contribution in [0.1, 0.15) is 24.2 Å². The van der Waals surface area contributed by atoms with Crippen molar-refractivity contribution < 1.29 is 19.1 Å². The van der Waals surface area contributed by atoms with Gasteiger partial charge in [0.1, 0.15) is 17.2 Å². The number of ether oxygens (including phenoxy) is 2. The zero-order valence-electron chi connectivity index (χ0n) is 21.4. The van der Waals surface area contributed by atoms with E-state index in [0.29, 0.717) is 40.7 Å². The van der Waals surface area contributed by atoms with E-state index >= 15 is 0 Å². The molecule has 0 saturated heterocycles. The van der Waals surface area contributed by atoms with Gasteiger partial charge in [0.2, 0.25) is 0 Å². The average molecular weight is 491 g/mol. The maximum atomic E-state index is 12.8. The fourth-order valence-electron chi connectivity index (χ4n) is 3.84. The molecule has 8 heteroatoms. The Hall–Kier alpha value is -4.04. The lowest BCUT2D eigenvalue weighted by molar-refractivity contribution is 0.0926. The third-order valence-electron chi connectivity index (χ3n) is 5.25. The molecule has 0 aliphatic carbocycles. The summed E-state index contributed by atoms with van der Waals surface area (Å²) in [5, 5.41) is 8.54. The fourth-order valence-corrected chi connectivity index (χ4v) is 3.84. The van der Waals surface area contributed by atoms with Gasteiger partial charge in [-0.2, -0.15) is 0 Å². The van der Waals surface area contributed by atoms with Crippen LogP contribution >= 0.6 is 0 Å². The molecule has 0 bridgehead atoms. The van der Waals surface area contributed by atoms with E-state index in [9.17, 15) is 9.59 Å². The topological polar surface area (TPSA) is 91.9 Å². The minimum absolute atomic E-state index is 0.0879. The predicted molar refractivity (Wildman–Crippen MR) is 143 cm³/mol. The Balaban J connectivity index is 1.61. The highest BCUT2D eigenvalue weighted by Gasteiger charge is 2.21. The normalized spacial score (nSPS) is 11.1. The molecule has 0 saturated carbocycles. The molecule has 0 atom stereocenters. The molecule has 3 aromatic rings. The summed E-state index contributed by atoms with van der Waals surface area (Å²) in [6.45, 7) is 5.55. The summed E-state index contributed by atoms with van der Waals surface area (Å²) in [7, 11) is 5.50. The summed E-state index contributed by atoms with van der Waals surface area (Å²) in [6, 6.07) is 21.0. The number of amides is 3. The largest absolute Gasteiger partial charge is 0.496 e. The molecule has 0 aromatic heterocycles. The first kappa shape index (κ1) is 26.6. The average Bonchev–Trinajstić information content (AvgIpc) is 2.82. The van der Waals surface area contributed by atoms with Crippen molar-refractivity contribution in [3.8, 4) is 17.2 Å². The predicted octanol–water partition coefficient (Wildman–Crippen LogP) is 5.45. The third kappa shape index (κ3) is 8.02. The molecule has 3 aromatic carbocycles. The first-order valence-corrected chi connectivity index (χ1v) is 11.7. The van der Waals surface area contributed by atoms with Crippen LogP contribution < -0.4 is 25.4 Å². The number of hydrogen-bond acceptors (Lipinski definition) is 5. The van der Waals surface area contributed by atoms with Gasteiger partial charge in [0, 0.05) is 36.6 Å². The standard InChI is InChI=1S/C28H34N4O4/c1-28(2,19-32(3)4)18-29-26(33)24-15-14-21(17-25(24)35-5)31-27(34)30-20-10-9-13-23(16-20)36-22-11-7-6-8-12-22/h6-17H,18-19H2,1-5H3,(H,29,33)(H2,30,31,34). The van der Waals surface area contributed by atoms with Gasteiger partial charge in [-0.25, -0.2) is 4.79 Å². The number of methoxy groups -OCH3 is 1. The Morgan fingerprint density at radius 1 is 0.861 bits per heavy atom. The van der Waals surface area contributed by atoms with Crippen molar-refractivity contribution in [1.82, 2.24) is 10.2 Å². The van der Waals surface area contributed by atoms with Crippen molar-refractivity contribution in [3.63, 3.8) is 0 Å². The van der Waals surface area contributed by atoms with Gasteiger partial charge >= 0.3 is 6.03 Å². The molecule has 8 nitrogen and oxygen atoms in total. The SMILES string of the molecule is COc1cc(NC(=O)Nc2cccc(Oc3ccccc3)c2)ccc1C(=O)NCC(C)(C)CN(C)C. The van der Waals surface area contributed by atoms with Gasteiger partial charge in [-0.1, -0.05) is 38.1 Å². The van der Waals surface area contributed by atoms with E-state index in [4.69, 9.17) is 9.47 Å². The van der Waals surface area contributed by atoms with Crippen LogP contribution in [0.2, 0.25) is 0 Å². The van der Waals surface area contributed by atoms with Crippen molar-refractivity contribution in [2.45, 2.75) is 13.8 Å². The second-order valence-electron chi connectivity index (χ2n) is 9.52. The van der Waals surface area contributed by atoms with Crippen molar-refractivity contribution >= 4 is 23.3 Å². The van der Waals surface area contributed by atoms with Gasteiger partial charge < -0.3 is 30.3 Å². The van der Waals surface area contributed by atoms with Crippen LogP contribution in [-0.4, -0.2) is 51.1 Å². The number of nitrogens with one attached hydrogen (secondary N) is 3. The van der Waals surface area contributed by atoms with Crippen LogP contribution in [0.15, 0.2) is 72.8 Å². The molecule has 36 heavy (non-hydrogen) atoms. The van der Waals surface area contributed by atoms with Crippen LogP contribution in [0.4, 0.5) is 16.2 Å². The molecule has 0 heterocycles. The molecule has 0 aliphatic heterocycles. The van der Waals surface area contributed by atoms with Gasteiger partial charge in [-0.15, -0.1) is 0 Å². The molecule has 0 fully saturated rings. The summed E-state index contributed by atoms with van der Waals surface area (Å²) >= 11 is 0. The first-order valence-electron chi connectivity index (χ1n) is 11.7. The number of anilines is 2. The third-order valence-corrected chi connectivity index (χ3v) is 5.25. The molecule has 3 rings (SSSR count). The maximum absolute atomic E-state index is 12.8. The molecular formula is C28H34N4O4. The van der Waals surface area contributed by atoms with Gasteiger partial charge in [0.05, 0.1) is 12.7 Å². The van der Waals surface area contributed by atoms with E-state index in [1.165, 1.54) is 7.11 Å². The minimum Gasteiger partial charge on any atom is -0.496 e. The number of carbonyl (C=O) groups is 2. The van der Waals surface area contributed by atoms with E-state index in [2.05, 4.69) is 34.7 Å². The highest BCUT2D eigenvalue weighted by Crippen LogP contribution is 2.26. The summed E-state index contributed by atoms with van der Waals surface area (Å²) in [5.74, 6) is 1.44. The number of hydrogen-bond donors (Lipinski definition) is 3. The van der Waals surface area contributed by atoms with E-state index in [1.807, 2.05) is 50.5 Å². The molecule has 0 aliphatic rings. The molecule has 0 unspecified atom stereocenters. The second-order valence-corrected chi connectivity index (χ2v) is 9.52. The first-order chi connectivity index (χ1) is 17.1. The van der Waals surface area contributed by atoms with Crippen molar-refractivity contribution in [3.05, 3.63) is 78.4 Å². The quantitative estimate of drug-likeness (QED) is 0.352. The van der Waals surface area contributed by atoms with Gasteiger partial charge in [0.15, 0.2) is 0 Å². The monoisotopic (exact) mass is 490 g/mol. The summed E-state index contributed by atoms with van der Waals surface area (Å²) < 4.78 is 11.2. The number of rotatable bonds is 10. The van der Waals surface area contributed by atoms with Gasteiger partial charge in [-0.05, 0) is 55.9 Å². The molecule has 0 spiro atoms. The number of para-hydroxylation sites is 1. The number of benzene rings is 3. The Morgan fingerprint density at radius 3 is 2.19 bits per heavy atom. The molecule has 3 N–H and O–H groups in total. The zero-order valence-corrected chi connectivity index (χ0v) is 21.4. The van der Waals surface area contributed by atoms with Gasteiger partial charge in [-0.3, -0.25) is 4.79 Å². The Kier molecular flexibility index (Phi) is 8.91. The fraction of sp³-hybridized carbons (Fsp3) is 0.286.